The number of fused-ring (bicyclic) bond motifs is 1. The van der Waals surface area contributed by atoms with Gasteiger partial charge in [0.2, 0.25) is 0 Å². The molecule has 1 aromatic heterocycles. The quantitative estimate of drug-likeness (QED) is 0.889. The van der Waals surface area contributed by atoms with Crippen LogP contribution in [0.2, 0.25) is 5.02 Å². The van der Waals surface area contributed by atoms with Crippen LogP contribution in [0.15, 0.2) is 18.2 Å². The number of halogens is 2. The SMILES string of the molecule is CC(C)N1C[C@@H](O)[C@H](NC(=O)c2sc3cccc(F)c3c2Cl)C1. The van der Waals surface area contributed by atoms with Gasteiger partial charge in [0.05, 0.1) is 17.2 Å². The second-order valence-electron chi connectivity index (χ2n) is 6.05. The number of carbonyl (C=O) groups excluding carboxylic acids is 1. The van der Waals surface area contributed by atoms with Crippen LogP contribution in [0, 0.1) is 5.82 Å². The summed E-state index contributed by atoms with van der Waals surface area (Å²) in [5.41, 5.74) is 0. The third kappa shape index (κ3) is 3.08. The zero-order valence-electron chi connectivity index (χ0n) is 12.8. The molecule has 1 fully saturated rings. The van der Waals surface area contributed by atoms with Crippen molar-refractivity contribution in [3.63, 3.8) is 0 Å². The Morgan fingerprint density at radius 3 is 2.83 bits per heavy atom. The lowest BCUT2D eigenvalue weighted by Crippen LogP contribution is -2.42. The fourth-order valence-electron chi connectivity index (χ4n) is 2.83. The standard InChI is InChI=1S/C16H18ClFN2O2S/c1-8(2)20-6-10(11(21)7-20)19-16(22)15-14(17)13-9(18)4-3-5-12(13)23-15/h3-5,8,10-11,21H,6-7H2,1-2H3,(H,19,22)/t10-,11-/m1/s1. The molecule has 0 saturated carbocycles. The third-order valence-corrected chi connectivity index (χ3v) is 5.82. The van der Waals surface area contributed by atoms with Gasteiger partial charge >= 0.3 is 0 Å². The minimum Gasteiger partial charge on any atom is -0.390 e. The van der Waals surface area contributed by atoms with Crippen molar-refractivity contribution >= 4 is 38.9 Å². The van der Waals surface area contributed by atoms with E-state index >= 15 is 0 Å². The zero-order valence-corrected chi connectivity index (χ0v) is 14.4. The molecule has 2 N–H and O–H groups in total. The van der Waals surface area contributed by atoms with Gasteiger partial charge in [0.1, 0.15) is 10.7 Å². The summed E-state index contributed by atoms with van der Waals surface area (Å²) in [6.07, 6.45) is -0.619. The molecule has 0 radical (unpaired) electrons. The minimum atomic E-state index is -0.619. The van der Waals surface area contributed by atoms with Crippen LogP contribution >= 0.6 is 22.9 Å². The van der Waals surface area contributed by atoms with Gasteiger partial charge in [-0.05, 0) is 26.0 Å². The third-order valence-electron chi connectivity index (χ3n) is 4.18. The molecule has 2 atom stereocenters. The summed E-state index contributed by atoms with van der Waals surface area (Å²) in [6, 6.07) is 4.60. The molecular formula is C16H18ClFN2O2S. The maximum Gasteiger partial charge on any atom is 0.263 e. The van der Waals surface area contributed by atoms with E-state index in [1.165, 1.54) is 6.07 Å². The van der Waals surface area contributed by atoms with Crippen molar-refractivity contribution in [3.05, 3.63) is 33.9 Å². The highest BCUT2D eigenvalue weighted by Gasteiger charge is 2.34. The van der Waals surface area contributed by atoms with Crippen molar-refractivity contribution < 1.29 is 14.3 Å². The van der Waals surface area contributed by atoms with E-state index < -0.39 is 11.9 Å². The first-order chi connectivity index (χ1) is 10.9. The first kappa shape index (κ1) is 16.6. The number of benzene rings is 1. The van der Waals surface area contributed by atoms with Gasteiger partial charge in [-0.1, -0.05) is 17.7 Å². The highest BCUT2D eigenvalue weighted by atomic mass is 35.5. The molecule has 1 amide bonds. The Kier molecular flexibility index (Phi) is 4.60. The van der Waals surface area contributed by atoms with Crippen molar-refractivity contribution in [2.45, 2.75) is 32.0 Å². The topological polar surface area (TPSA) is 52.6 Å². The predicted octanol–water partition coefficient (Wildman–Crippen LogP) is 2.88. The van der Waals surface area contributed by atoms with Crippen LogP contribution in [0.4, 0.5) is 4.39 Å². The number of hydrogen-bond donors (Lipinski definition) is 2. The molecule has 1 saturated heterocycles. The van der Waals surface area contributed by atoms with Gasteiger partial charge in [-0.15, -0.1) is 11.3 Å². The van der Waals surface area contributed by atoms with Gasteiger partial charge in [-0.25, -0.2) is 4.39 Å². The largest absolute Gasteiger partial charge is 0.390 e. The minimum absolute atomic E-state index is 0.133. The van der Waals surface area contributed by atoms with E-state index in [1.807, 2.05) is 13.8 Å². The number of aliphatic hydroxyl groups excluding tert-OH is 1. The first-order valence-electron chi connectivity index (χ1n) is 7.48. The van der Waals surface area contributed by atoms with Crippen molar-refractivity contribution in [1.82, 2.24) is 10.2 Å². The predicted molar refractivity (Wildman–Crippen MR) is 90.8 cm³/mol. The van der Waals surface area contributed by atoms with E-state index in [0.717, 1.165) is 11.3 Å². The lowest BCUT2D eigenvalue weighted by molar-refractivity contribution is 0.0892. The van der Waals surface area contributed by atoms with E-state index in [-0.39, 0.29) is 27.2 Å². The van der Waals surface area contributed by atoms with Crippen LogP contribution in [-0.2, 0) is 0 Å². The van der Waals surface area contributed by atoms with Gasteiger partial charge in [0.15, 0.2) is 0 Å². The molecule has 2 heterocycles. The summed E-state index contributed by atoms with van der Waals surface area (Å²) >= 11 is 7.35. The highest BCUT2D eigenvalue weighted by Crippen LogP contribution is 2.36. The number of nitrogens with zero attached hydrogens (tertiary/aromatic N) is 1. The molecule has 0 bridgehead atoms. The molecule has 0 spiro atoms. The zero-order chi connectivity index (χ0) is 16.7. The monoisotopic (exact) mass is 356 g/mol. The van der Waals surface area contributed by atoms with E-state index in [0.29, 0.717) is 23.8 Å². The molecule has 1 aliphatic heterocycles. The van der Waals surface area contributed by atoms with E-state index in [9.17, 15) is 14.3 Å². The molecular weight excluding hydrogens is 339 g/mol. The number of amides is 1. The average Bonchev–Trinajstić information content (AvgIpc) is 3.01. The van der Waals surface area contributed by atoms with Gasteiger partial charge in [-0.2, -0.15) is 0 Å². The normalized spacial score (nSPS) is 22.2. The van der Waals surface area contributed by atoms with Crippen LogP contribution in [-0.4, -0.2) is 47.2 Å². The van der Waals surface area contributed by atoms with Crippen molar-refractivity contribution in [1.29, 1.82) is 0 Å². The van der Waals surface area contributed by atoms with E-state index in [1.54, 1.807) is 12.1 Å². The molecule has 0 unspecified atom stereocenters. The number of aliphatic hydroxyl groups is 1. The van der Waals surface area contributed by atoms with Gasteiger partial charge in [0.25, 0.3) is 5.91 Å². The second kappa shape index (κ2) is 6.36. The van der Waals surface area contributed by atoms with Crippen molar-refractivity contribution in [3.8, 4) is 0 Å². The smallest absolute Gasteiger partial charge is 0.263 e. The summed E-state index contributed by atoms with van der Waals surface area (Å²) in [5.74, 6) is -0.806. The Bertz CT molecular complexity index is 749. The lowest BCUT2D eigenvalue weighted by atomic mass is 10.2. The Morgan fingerprint density at radius 2 is 2.22 bits per heavy atom. The summed E-state index contributed by atoms with van der Waals surface area (Å²) in [4.78, 5) is 14.9. The molecule has 23 heavy (non-hydrogen) atoms. The van der Waals surface area contributed by atoms with Crippen LogP contribution in [0.5, 0.6) is 0 Å². The number of carbonyl (C=O) groups is 1. The van der Waals surface area contributed by atoms with Crippen molar-refractivity contribution in [2.75, 3.05) is 13.1 Å². The first-order valence-corrected chi connectivity index (χ1v) is 8.67. The Hall–Kier alpha value is -1.21. The molecule has 3 rings (SSSR count). The molecule has 124 valence electrons. The maximum atomic E-state index is 13.9. The number of thiophene rings is 1. The molecule has 0 aliphatic carbocycles. The summed E-state index contributed by atoms with van der Waals surface area (Å²) in [7, 11) is 0. The number of likely N-dealkylation sites (tertiary alicyclic amines) is 1. The summed E-state index contributed by atoms with van der Waals surface area (Å²) < 4.78 is 14.5. The Labute approximate surface area is 142 Å². The molecule has 1 aromatic carbocycles. The lowest BCUT2D eigenvalue weighted by Gasteiger charge is -2.19. The van der Waals surface area contributed by atoms with Gasteiger partial charge in [-0.3, -0.25) is 9.69 Å². The number of nitrogens with one attached hydrogen (secondary N) is 1. The summed E-state index contributed by atoms with van der Waals surface area (Å²) in [5, 5.41) is 13.3. The summed E-state index contributed by atoms with van der Waals surface area (Å²) in [6.45, 7) is 5.20. The Balaban J connectivity index is 1.82. The molecule has 7 heteroatoms. The van der Waals surface area contributed by atoms with Crippen LogP contribution in [0.1, 0.15) is 23.5 Å². The van der Waals surface area contributed by atoms with Crippen LogP contribution < -0.4 is 5.32 Å². The average molecular weight is 357 g/mol. The van der Waals surface area contributed by atoms with E-state index in [4.69, 9.17) is 11.6 Å². The fourth-order valence-corrected chi connectivity index (χ4v) is 4.29. The van der Waals surface area contributed by atoms with Gasteiger partial charge < -0.3 is 10.4 Å². The number of hydrogen-bond acceptors (Lipinski definition) is 4. The number of β-amino-alcohol motifs (C(OH)–C–C–N with tert-alkyl or cyclic N) is 1. The van der Waals surface area contributed by atoms with Crippen molar-refractivity contribution in [2.24, 2.45) is 0 Å². The second-order valence-corrected chi connectivity index (χ2v) is 7.48. The van der Waals surface area contributed by atoms with Gasteiger partial charge in [0, 0.05) is 29.2 Å². The molecule has 2 aromatic rings. The van der Waals surface area contributed by atoms with Crippen LogP contribution in [0.25, 0.3) is 10.1 Å². The van der Waals surface area contributed by atoms with Crippen LogP contribution in [0.3, 0.4) is 0 Å². The highest BCUT2D eigenvalue weighted by molar-refractivity contribution is 7.21. The maximum absolute atomic E-state index is 13.9. The Morgan fingerprint density at radius 1 is 1.48 bits per heavy atom. The van der Waals surface area contributed by atoms with E-state index in [2.05, 4.69) is 10.2 Å². The molecule has 1 aliphatic rings. The number of rotatable bonds is 3. The fraction of sp³-hybridized carbons (Fsp3) is 0.438. The molecule has 4 nitrogen and oxygen atoms in total.